The van der Waals surface area contributed by atoms with Gasteiger partial charge in [-0.15, -0.1) is 12.4 Å². The van der Waals surface area contributed by atoms with Gasteiger partial charge in [0, 0.05) is 13.1 Å². The summed E-state index contributed by atoms with van der Waals surface area (Å²) in [7, 11) is 0. The lowest BCUT2D eigenvalue weighted by molar-refractivity contribution is -0.156. The third kappa shape index (κ3) is 8.93. The molecule has 10 nitrogen and oxygen atoms in total. The number of carbonyl (C=O) groups excluding carboxylic acids is 4. The van der Waals surface area contributed by atoms with Crippen LogP contribution in [0, 0.1) is 0 Å². The zero-order chi connectivity index (χ0) is 29.0. The lowest BCUT2D eigenvalue weighted by Gasteiger charge is -2.32. The van der Waals surface area contributed by atoms with E-state index in [0.717, 1.165) is 11.1 Å². The summed E-state index contributed by atoms with van der Waals surface area (Å²) in [6.07, 6.45) is 3.40. The minimum atomic E-state index is -0.844. The van der Waals surface area contributed by atoms with Crippen LogP contribution >= 0.6 is 12.4 Å². The maximum absolute atomic E-state index is 13.7. The number of hydrogen-bond acceptors (Lipinski definition) is 7. The fourth-order valence-electron chi connectivity index (χ4n) is 5.44. The molecule has 4 rings (SSSR count). The third-order valence-electron chi connectivity index (χ3n) is 7.60. The first-order valence-electron chi connectivity index (χ1n) is 14.5. The molecule has 2 aliphatic rings. The van der Waals surface area contributed by atoms with Crippen molar-refractivity contribution in [2.75, 3.05) is 19.6 Å². The van der Waals surface area contributed by atoms with Crippen LogP contribution in [0.15, 0.2) is 60.7 Å². The SMILES string of the molecule is Cl.NCCCC[C@H](NC(=O)OCc1ccccc1)C(=O)N1CCC[C@H]1C(=O)N1CCC[C@H]1C(=O)OCc1ccccc1. The lowest BCUT2D eigenvalue weighted by Crippen LogP contribution is -2.55. The summed E-state index contributed by atoms with van der Waals surface area (Å²) >= 11 is 0. The normalized spacial score (nSPS) is 18.6. The van der Waals surface area contributed by atoms with E-state index in [9.17, 15) is 19.2 Å². The van der Waals surface area contributed by atoms with Crippen molar-refractivity contribution in [1.82, 2.24) is 15.1 Å². The van der Waals surface area contributed by atoms with Gasteiger partial charge in [0.1, 0.15) is 31.3 Å². The topological polar surface area (TPSA) is 131 Å². The van der Waals surface area contributed by atoms with Gasteiger partial charge in [-0.1, -0.05) is 60.7 Å². The number of nitrogens with zero attached hydrogens (tertiary/aromatic N) is 2. The number of carbonyl (C=O) groups is 4. The zero-order valence-electron chi connectivity index (χ0n) is 23.8. The van der Waals surface area contributed by atoms with Crippen LogP contribution in [0.25, 0.3) is 0 Å². The molecule has 0 unspecified atom stereocenters. The number of benzene rings is 2. The zero-order valence-corrected chi connectivity index (χ0v) is 24.6. The Hall–Kier alpha value is -3.63. The molecule has 2 heterocycles. The van der Waals surface area contributed by atoms with Crippen molar-refractivity contribution in [3.05, 3.63) is 71.8 Å². The van der Waals surface area contributed by atoms with E-state index in [0.29, 0.717) is 64.6 Å². The highest BCUT2D eigenvalue weighted by Crippen LogP contribution is 2.27. The number of rotatable bonds is 12. The summed E-state index contributed by atoms with van der Waals surface area (Å²) in [5.74, 6) is -1.00. The molecular weight excluding hydrogens is 560 g/mol. The Morgan fingerprint density at radius 2 is 1.38 bits per heavy atom. The number of unbranched alkanes of at least 4 members (excludes halogenated alkanes) is 1. The number of halogens is 1. The maximum Gasteiger partial charge on any atom is 0.408 e. The van der Waals surface area contributed by atoms with E-state index in [1.165, 1.54) is 0 Å². The van der Waals surface area contributed by atoms with Gasteiger partial charge in [-0.3, -0.25) is 9.59 Å². The summed E-state index contributed by atoms with van der Waals surface area (Å²) in [6.45, 7) is 1.54. The Kier molecular flexibility index (Phi) is 13.1. The fourth-order valence-corrected chi connectivity index (χ4v) is 5.44. The Morgan fingerprint density at radius 3 is 2.00 bits per heavy atom. The van der Waals surface area contributed by atoms with Crippen LogP contribution in [0.5, 0.6) is 0 Å². The molecule has 2 aliphatic heterocycles. The van der Waals surface area contributed by atoms with Gasteiger partial charge in [-0.05, 0) is 62.6 Å². The second kappa shape index (κ2) is 16.7. The van der Waals surface area contributed by atoms with Gasteiger partial charge in [0.25, 0.3) is 0 Å². The minimum absolute atomic E-state index is 0. The smallest absolute Gasteiger partial charge is 0.408 e. The van der Waals surface area contributed by atoms with Crippen molar-refractivity contribution in [2.24, 2.45) is 5.73 Å². The van der Waals surface area contributed by atoms with Crippen LogP contribution < -0.4 is 11.1 Å². The van der Waals surface area contributed by atoms with E-state index in [1.807, 2.05) is 60.7 Å². The molecule has 0 saturated carbocycles. The quantitative estimate of drug-likeness (QED) is 0.281. The van der Waals surface area contributed by atoms with Crippen LogP contribution in [-0.4, -0.2) is 71.4 Å². The number of amides is 3. The van der Waals surface area contributed by atoms with Gasteiger partial charge in [0.15, 0.2) is 0 Å². The molecule has 3 atom stereocenters. The number of nitrogens with two attached hydrogens (primary N) is 1. The van der Waals surface area contributed by atoms with Gasteiger partial charge >= 0.3 is 12.1 Å². The summed E-state index contributed by atoms with van der Waals surface area (Å²) in [5, 5.41) is 2.72. The lowest BCUT2D eigenvalue weighted by atomic mass is 10.1. The molecule has 3 N–H and O–H groups in total. The van der Waals surface area contributed by atoms with Crippen LogP contribution in [-0.2, 0) is 37.1 Å². The Morgan fingerprint density at radius 1 is 0.810 bits per heavy atom. The molecule has 0 aromatic heterocycles. The highest BCUT2D eigenvalue weighted by molar-refractivity contribution is 5.93. The molecule has 228 valence electrons. The van der Waals surface area contributed by atoms with Gasteiger partial charge in [0.05, 0.1) is 0 Å². The predicted octanol–water partition coefficient (Wildman–Crippen LogP) is 3.56. The molecule has 0 radical (unpaired) electrons. The maximum atomic E-state index is 13.7. The van der Waals surface area contributed by atoms with Crippen molar-refractivity contribution >= 4 is 36.3 Å². The van der Waals surface area contributed by atoms with E-state index >= 15 is 0 Å². The van der Waals surface area contributed by atoms with Crippen molar-refractivity contribution in [2.45, 2.75) is 76.3 Å². The summed E-state index contributed by atoms with van der Waals surface area (Å²) in [6, 6.07) is 16.5. The monoisotopic (exact) mass is 600 g/mol. The average Bonchev–Trinajstić information content (AvgIpc) is 3.70. The second-order valence-corrected chi connectivity index (χ2v) is 10.5. The summed E-state index contributed by atoms with van der Waals surface area (Å²) in [4.78, 5) is 56.1. The van der Waals surface area contributed by atoms with E-state index in [-0.39, 0.29) is 37.4 Å². The molecule has 42 heavy (non-hydrogen) atoms. The fraction of sp³-hybridized carbons (Fsp3) is 0.484. The van der Waals surface area contributed by atoms with Crippen LogP contribution in [0.1, 0.15) is 56.1 Å². The van der Waals surface area contributed by atoms with Crippen molar-refractivity contribution in [3.8, 4) is 0 Å². The molecular formula is C31H41ClN4O6. The molecule has 11 heteroatoms. The van der Waals surface area contributed by atoms with Gasteiger partial charge in [0.2, 0.25) is 11.8 Å². The number of alkyl carbamates (subject to hydrolysis) is 1. The highest BCUT2D eigenvalue weighted by Gasteiger charge is 2.44. The summed E-state index contributed by atoms with van der Waals surface area (Å²) in [5.41, 5.74) is 7.36. The molecule has 0 aliphatic carbocycles. The first-order chi connectivity index (χ1) is 20.0. The number of ether oxygens (including phenoxy) is 2. The highest BCUT2D eigenvalue weighted by atomic mass is 35.5. The molecule has 2 fully saturated rings. The van der Waals surface area contributed by atoms with Crippen LogP contribution in [0.4, 0.5) is 4.79 Å². The van der Waals surface area contributed by atoms with Crippen LogP contribution in [0.2, 0.25) is 0 Å². The number of esters is 1. The van der Waals surface area contributed by atoms with E-state index in [4.69, 9.17) is 15.2 Å². The van der Waals surface area contributed by atoms with Crippen molar-refractivity contribution in [1.29, 1.82) is 0 Å². The molecule has 2 aromatic rings. The molecule has 0 bridgehead atoms. The average molecular weight is 601 g/mol. The van der Waals surface area contributed by atoms with Crippen molar-refractivity contribution < 1.29 is 28.7 Å². The molecule has 3 amide bonds. The van der Waals surface area contributed by atoms with E-state index in [2.05, 4.69) is 5.32 Å². The Labute approximate surface area is 253 Å². The predicted molar refractivity (Wildman–Crippen MR) is 159 cm³/mol. The molecule has 2 aromatic carbocycles. The standard InChI is InChI=1S/C31H40N4O6.ClH/c32-18-8-7-15-25(33-31(39)41-22-24-13-5-2-6-14-24)28(36)34-19-9-16-26(34)29(37)35-20-10-17-27(35)30(38)40-21-23-11-3-1-4-12-23;/h1-6,11-14,25-27H,7-10,15-22,32H2,(H,33,39);1H/t25-,26-,27-;/m0./s1. The van der Waals surface area contributed by atoms with Gasteiger partial charge in [-0.25, -0.2) is 9.59 Å². The second-order valence-electron chi connectivity index (χ2n) is 10.5. The molecule has 0 spiro atoms. The molecule has 2 saturated heterocycles. The number of likely N-dealkylation sites (tertiary alicyclic amines) is 2. The Balaban J connectivity index is 0.00000484. The van der Waals surface area contributed by atoms with Gasteiger partial charge in [-0.2, -0.15) is 0 Å². The number of nitrogens with one attached hydrogen (secondary N) is 1. The van der Waals surface area contributed by atoms with Crippen LogP contribution in [0.3, 0.4) is 0 Å². The first kappa shape index (κ1) is 32.9. The van der Waals surface area contributed by atoms with Crippen molar-refractivity contribution in [3.63, 3.8) is 0 Å². The van der Waals surface area contributed by atoms with E-state index < -0.39 is 30.2 Å². The first-order valence-corrected chi connectivity index (χ1v) is 14.5. The minimum Gasteiger partial charge on any atom is -0.459 e. The third-order valence-corrected chi connectivity index (χ3v) is 7.60. The van der Waals surface area contributed by atoms with Gasteiger partial charge < -0.3 is 30.3 Å². The van der Waals surface area contributed by atoms with E-state index in [1.54, 1.807) is 9.80 Å². The number of hydrogen-bond donors (Lipinski definition) is 2. The Bertz CT molecular complexity index is 1170. The summed E-state index contributed by atoms with van der Waals surface area (Å²) < 4.78 is 10.9. The largest absolute Gasteiger partial charge is 0.459 e.